The number of hydrogen-bond acceptors (Lipinski definition) is 5. The standard InChI is InChI=1S/C13H15F3N4O3S/c1-24(22,23)17-5-6-20-8-11(18-19-20)12(21)9-3-2-4-10(7-9)13(14,15)16/h2-4,7-8,12,17,21H,5-6H2,1H3. The predicted molar refractivity (Wildman–Crippen MR) is 78.4 cm³/mol. The maximum absolute atomic E-state index is 12.7. The quantitative estimate of drug-likeness (QED) is 0.795. The lowest BCUT2D eigenvalue weighted by molar-refractivity contribution is -0.137. The highest BCUT2D eigenvalue weighted by atomic mass is 32.2. The first-order chi connectivity index (χ1) is 11.1. The van der Waals surface area contributed by atoms with Crippen LogP contribution in [0.5, 0.6) is 0 Å². The minimum atomic E-state index is -4.51. The molecule has 0 saturated carbocycles. The smallest absolute Gasteiger partial charge is 0.382 e. The lowest BCUT2D eigenvalue weighted by Crippen LogP contribution is -2.26. The van der Waals surface area contributed by atoms with E-state index in [9.17, 15) is 26.7 Å². The second kappa shape index (κ2) is 6.87. The summed E-state index contributed by atoms with van der Waals surface area (Å²) in [6.07, 6.45) is -3.53. The topological polar surface area (TPSA) is 97.1 Å². The summed E-state index contributed by atoms with van der Waals surface area (Å²) in [5, 5.41) is 17.6. The Balaban J connectivity index is 2.09. The second-order valence-electron chi connectivity index (χ2n) is 5.10. The molecule has 0 aliphatic heterocycles. The Morgan fingerprint density at radius 3 is 2.71 bits per heavy atom. The van der Waals surface area contributed by atoms with Crippen LogP contribution in [0.3, 0.4) is 0 Å². The maximum Gasteiger partial charge on any atom is 0.416 e. The van der Waals surface area contributed by atoms with Gasteiger partial charge in [0, 0.05) is 6.54 Å². The van der Waals surface area contributed by atoms with Crippen LogP contribution in [0.2, 0.25) is 0 Å². The average Bonchev–Trinajstić information content (AvgIpc) is 2.93. The van der Waals surface area contributed by atoms with Crippen LogP contribution < -0.4 is 4.72 Å². The molecule has 0 fully saturated rings. The molecule has 7 nitrogen and oxygen atoms in total. The fourth-order valence-electron chi connectivity index (χ4n) is 1.95. The first-order valence-corrected chi connectivity index (χ1v) is 8.65. The molecule has 0 bridgehead atoms. The van der Waals surface area contributed by atoms with Crippen LogP contribution in [0.4, 0.5) is 13.2 Å². The van der Waals surface area contributed by atoms with Crippen molar-refractivity contribution in [3.63, 3.8) is 0 Å². The van der Waals surface area contributed by atoms with E-state index in [1.165, 1.54) is 23.0 Å². The number of aromatic nitrogens is 3. The summed E-state index contributed by atoms with van der Waals surface area (Å²) < 4.78 is 63.5. The highest BCUT2D eigenvalue weighted by Crippen LogP contribution is 2.31. The number of alkyl halides is 3. The van der Waals surface area contributed by atoms with Crippen molar-refractivity contribution < 1.29 is 26.7 Å². The molecule has 0 amide bonds. The molecule has 1 heterocycles. The molecule has 2 aromatic rings. The molecule has 1 aromatic heterocycles. The number of benzene rings is 1. The van der Waals surface area contributed by atoms with E-state index in [-0.39, 0.29) is 24.3 Å². The normalized spacial score (nSPS) is 13.9. The fourth-order valence-corrected chi connectivity index (χ4v) is 2.41. The van der Waals surface area contributed by atoms with E-state index in [1.807, 2.05) is 0 Å². The third-order valence-electron chi connectivity index (χ3n) is 3.07. The lowest BCUT2D eigenvalue weighted by Gasteiger charge is -2.11. The summed E-state index contributed by atoms with van der Waals surface area (Å²) >= 11 is 0. The van der Waals surface area contributed by atoms with Gasteiger partial charge in [0.05, 0.1) is 24.6 Å². The SMILES string of the molecule is CS(=O)(=O)NCCn1cc(C(O)c2cccc(C(F)(F)F)c2)nn1. The third kappa shape index (κ3) is 5.01. The van der Waals surface area contributed by atoms with E-state index in [0.29, 0.717) is 0 Å². The van der Waals surface area contributed by atoms with Gasteiger partial charge in [-0.05, 0) is 17.7 Å². The van der Waals surface area contributed by atoms with Crippen molar-refractivity contribution in [1.29, 1.82) is 0 Å². The first kappa shape index (κ1) is 18.4. The Hall–Kier alpha value is -1.98. The van der Waals surface area contributed by atoms with Crippen molar-refractivity contribution in [3.8, 4) is 0 Å². The summed E-state index contributed by atoms with van der Waals surface area (Å²) in [5.41, 5.74) is -0.774. The number of nitrogens with zero attached hydrogens (tertiary/aromatic N) is 3. The maximum atomic E-state index is 12.7. The summed E-state index contributed by atoms with van der Waals surface area (Å²) in [6, 6.07) is 4.30. The Morgan fingerprint density at radius 1 is 1.38 bits per heavy atom. The van der Waals surface area contributed by atoms with Gasteiger partial charge in [-0.15, -0.1) is 5.10 Å². The number of aliphatic hydroxyl groups is 1. The summed E-state index contributed by atoms with van der Waals surface area (Å²) in [7, 11) is -3.33. The van der Waals surface area contributed by atoms with Crippen molar-refractivity contribution in [1.82, 2.24) is 19.7 Å². The summed E-state index contributed by atoms with van der Waals surface area (Å²) in [6.45, 7) is 0.233. The van der Waals surface area contributed by atoms with Gasteiger partial charge in [0.2, 0.25) is 10.0 Å². The van der Waals surface area contributed by atoms with E-state index in [2.05, 4.69) is 15.0 Å². The predicted octanol–water partition coefficient (Wildman–Crippen LogP) is 0.928. The Labute approximate surface area is 136 Å². The Bertz CT molecular complexity index is 805. The molecule has 0 radical (unpaired) electrons. The molecule has 1 unspecified atom stereocenters. The van der Waals surface area contributed by atoms with Gasteiger partial charge in [-0.3, -0.25) is 4.68 Å². The number of rotatable bonds is 6. The molecule has 0 spiro atoms. The second-order valence-corrected chi connectivity index (χ2v) is 6.93. The van der Waals surface area contributed by atoms with Gasteiger partial charge in [-0.25, -0.2) is 13.1 Å². The van der Waals surface area contributed by atoms with Crippen LogP contribution in [0.15, 0.2) is 30.5 Å². The van der Waals surface area contributed by atoms with Crippen molar-refractivity contribution in [2.24, 2.45) is 0 Å². The molecule has 24 heavy (non-hydrogen) atoms. The van der Waals surface area contributed by atoms with Gasteiger partial charge in [-0.2, -0.15) is 13.2 Å². The number of aliphatic hydroxyl groups excluding tert-OH is 1. The van der Waals surface area contributed by atoms with Crippen LogP contribution in [0, 0.1) is 0 Å². The van der Waals surface area contributed by atoms with Gasteiger partial charge >= 0.3 is 6.18 Å². The average molecular weight is 364 g/mol. The molecule has 2 N–H and O–H groups in total. The fraction of sp³-hybridized carbons (Fsp3) is 0.385. The van der Waals surface area contributed by atoms with Crippen molar-refractivity contribution >= 4 is 10.0 Å². The zero-order chi connectivity index (χ0) is 18.0. The highest BCUT2D eigenvalue weighted by molar-refractivity contribution is 7.88. The lowest BCUT2D eigenvalue weighted by atomic mass is 10.0. The Kier molecular flexibility index (Phi) is 5.26. The third-order valence-corrected chi connectivity index (χ3v) is 3.80. The molecule has 0 aliphatic rings. The molecule has 1 atom stereocenters. The number of halogens is 3. The van der Waals surface area contributed by atoms with E-state index in [1.54, 1.807) is 0 Å². The van der Waals surface area contributed by atoms with Gasteiger partial charge in [0.25, 0.3) is 0 Å². The molecule has 2 rings (SSSR count). The van der Waals surface area contributed by atoms with E-state index in [4.69, 9.17) is 0 Å². The molecule has 0 aliphatic carbocycles. The van der Waals surface area contributed by atoms with Crippen molar-refractivity contribution in [3.05, 3.63) is 47.3 Å². The van der Waals surface area contributed by atoms with Gasteiger partial charge in [0.1, 0.15) is 11.8 Å². The molecular formula is C13H15F3N4O3S. The monoisotopic (exact) mass is 364 g/mol. The van der Waals surface area contributed by atoms with Crippen LogP contribution in [-0.4, -0.2) is 41.3 Å². The van der Waals surface area contributed by atoms with Gasteiger partial charge in [0.15, 0.2) is 0 Å². The van der Waals surface area contributed by atoms with Crippen molar-refractivity contribution in [2.45, 2.75) is 18.8 Å². The molecule has 1 aromatic carbocycles. The largest absolute Gasteiger partial charge is 0.416 e. The van der Waals surface area contributed by atoms with E-state index in [0.717, 1.165) is 18.4 Å². The summed E-state index contributed by atoms with van der Waals surface area (Å²) in [4.78, 5) is 0. The van der Waals surface area contributed by atoms with Crippen molar-refractivity contribution in [2.75, 3.05) is 12.8 Å². The zero-order valence-corrected chi connectivity index (χ0v) is 13.3. The highest BCUT2D eigenvalue weighted by Gasteiger charge is 2.31. The molecule has 11 heteroatoms. The number of sulfonamides is 1. The van der Waals surface area contributed by atoms with E-state index >= 15 is 0 Å². The van der Waals surface area contributed by atoms with Crippen LogP contribution in [0.1, 0.15) is 22.9 Å². The molecule has 0 saturated heterocycles. The first-order valence-electron chi connectivity index (χ1n) is 6.76. The molecular weight excluding hydrogens is 349 g/mol. The number of hydrogen-bond donors (Lipinski definition) is 2. The van der Waals surface area contributed by atoms with Crippen LogP contribution in [0.25, 0.3) is 0 Å². The van der Waals surface area contributed by atoms with Gasteiger partial charge in [-0.1, -0.05) is 17.3 Å². The van der Waals surface area contributed by atoms with Crippen LogP contribution in [-0.2, 0) is 22.7 Å². The minimum Gasteiger partial charge on any atom is -0.382 e. The zero-order valence-electron chi connectivity index (χ0n) is 12.5. The number of nitrogens with one attached hydrogen (secondary N) is 1. The molecule has 132 valence electrons. The van der Waals surface area contributed by atoms with E-state index < -0.39 is 27.9 Å². The van der Waals surface area contributed by atoms with Crippen LogP contribution >= 0.6 is 0 Å². The Morgan fingerprint density at radius 2 is 2.08 bits per heavy atom. The summed E-state index contributed by atoms with van der Waals surface area (Å²) in [5.74, 6) is 0. The van der Waals surface area contributed by atoms with Gasteiger partial charge < -0.3 is 5.11 Å². The minimum absolute atomic E-state index is 0.0335.